The first-order valence-electron chi connectivity index (χ1n) is 9.30. The van der Waals surface area contributed by atoms with E-state index in [0.29, 0.717) is 0 Å². The monoisotopic (exact) mass is 501 g/mol. The molecule has 35 heavy (non-hydrogen) atoms. The van der Waals surface area contributed by atoms with Crippen molar-refractivity contribution in [1.29, 1.82) is 0 Å². The Bertz CT molecular complexity index is 1230. The van der Waals surface area contributed by atoms with Gasteiger partial charge in [-0.15, -0.1) is 26.3 Å². The number of nitrogens with zero attached hydrogens (tertiary/aromatic N) is 1. The molecule has 0 saturated carbocycles. The van der Waals surface area contributed by atoms with Crippen LogP contribution in [0, 0.1) is 0 Å². The molecule has 3 N–H and O–H groups in total. The maximum absolute atomic E-state index is 12.8. The summed E-state index contributed by atoms with van der Waals surface area (Å²) in [6.07, 6.45) is -8.80. The standard InChI is InChI=1S/C21H13F6N3O5/c22-20(23,24)34-13-3-1-12(2-4-13)33-17-6-5-14(35-21(25,26)27)10-15(17)19(32)30-11-7-8-29-16(9-11)18(28)31/h1-10H,(H2,28,31)(H,29,30,32). The fraction of sp³-hybridized carbons (Fsp3) is 0.0952. The van der Waals surface area contributed by atoms with E-state index in [1.54, 1.807) is 0 Å². The minimum absolute atomic E-state index is 0.0422. The van der Waals surface area contributed by atoms with Crippen molar-refractivity contribution in [2.24, 2.45) is 5.73 Å². The second kappa shape index (κ2) is 9.79. The summed E-state index contributed by atoms with van der Waals surface area (Å²) in [5.41, 5.74) is 4.56. The topological polar surface area (TPSA) is 113 Å². The molecule has 1 aromatic heterocycles. The number of hydrogen-bond acceptors (Lipinski definition) is 6. The number of rotatable bonds is 7. The lowest BCUT2D eigenvalue weighted by molar-refractivity contribution is -0.275. The number of benzene rings is 2. The van der Waals surface area contributed by atoms with E-state index in [-0.39, 0.29) is 22.9 Å². The van der Waals surface area contributed by atoms with Crippen LogP contribution in [0.2, 0.25) is 0 Å². The van der Waals surface area contributed by atoms with Gasteiger partial charge in [-0.1, -0.05) is 0 Å². The Kier molecular flexibility index (Phi) is 7.03. The van der Waals surface area contributed by atoms with Crippen molar-refractivity contribution in [2.45, 2.75) is 12.7 Å². The third-order valence-electron chi connectivity index (χ3n) is 3.98. The number of primary amides is 1. The minimum atomic E-state index is -5.05. The molecule has 1 heterocycles. The highest BCUT2D eigenvalue weighted by molar-refractivity contribution is 6.07. The third kappa shape index (κ3) is 7.52. The van der Waals surface area contributed by atoms with Gasteiger partial charge in [0.2, 0.25) is 0 Å². The van der Waals surface area contributed by atoms with Crippen molar-refractivity contribution in [3.05, 3.63) is 72.1 Å². The van der Waals surface area contributed by atoms with Gasteiger partial charge in [-0.2, -0.15) is 0 Å². The normalized spacial score (nSPS) is 11.5. The van der Waals surface area contributed by atoms with Crippen molar-refractivity contribution >= 4 is 17.5 Å². The minimum Gasteiger partial charge on any atom is -0.457 e. The van der Waals surface area contributed by atoms with Gasteiger partial charge in [-0.3, -0.25) is 14.6 Å². The van der Waals surface area contributed by atoms with Gasteiger partial charge in [-0.25, -0.2) is 0 Å². The van der Waals surface area contributed by atoms with E-state index in [4.69, 9.17) is 10.5 Å². The summed E-state index contributed by atoms with van der Waals surface area (Å²) in [7, 11) is 0. The van der Waals surface area contributed by atoms with E-state index in [2.05, 4.69) is 19.8 Å². The van der Waals surface area contributed by atoms with Gasteiger partial charge in [0.15, 0.2) is 0 Å². The van der Waals surface area contributed by atoms with Crippen LogP contribution in [0.1, 0.15) is 20.8 Å². The smallest absolute Gasteiger partial charge is 0.457 e. The predicted molar refractivity (Wildman–Crippen MR) is 107 cm³/mol. The fourth-order valence-electron chi connectivity index (χ4n) is 2.65. The van der Waals surface area contributed by atoms with Crippen LogP contribution < -0.4 is 25.3 Å². The molecule has 0 fully saturated rings. The SMILES string of the molecule is NC(=O)c1cc(NC(=O)c2cc(OC(F)(F)F)ccc2Oc2ccc(OC(F)(F)F)cc2)ccn1. The first kappa shape index (κ1) is 25.1. The number of anilines is 1. The molecule has 0 aliphatic rings. The Morgan fingerprint density at radius 2 is 1.37 bits per heavy atom. The Hall–Kier alpha value is -4.49. The zero-order chi connectivity index (χ0) is 25.8. The van der Waals surface area contributed by atoms with Gasteiger partial charge >= 0.3 is 12.7 Å². The summed E-state index contributed by atoms with van der Waals surface area (Å²) in [6, 6.07) is 9.09. The second-order valence-electron chi connectivity index (χ2n) is 6.58. The maximum atomic E-state index is 12.8. The van der Waals surface area contributed by atoms with Gasteiger partial charge in [0.05, 0.1) is 5.56 Å². The Morgan fingerprint density at radius 3 is 1.97 bits per heavy atom. The van der Waals surface area contributed by atoms with Gasteiger partial charge in [0.25, 0.3) is 11.8 Å². The third-order valence-corrected chi connectivity index (χ3v) is 3.98. The van der Waals surface area contributed by atoms with E-state index in [1.807, 2.05) is 0 Å². The molecule has 0 aliphatic carbocycles. The van der Waals surface area contributed by atoms with Crippen LogP contribution in [0.4, 0.5) is 32.0 Å². The molecule has 8 nitrogen and oxygen atoms in total. The molecule has 0 unspecified atom stereocenters. The summed E-state index contributed by atoms with van der Waals surface area (Å²) < 4.78 is 87.9. The van der Waals surface area contributed by atoms with Crippen LogP contribution in [0.3, 0.4) is 0 Å². The van der Waals surface area contributed by atoms with Crippen molar-refractivity contribution in [3.63, 3.8) is 0 Å². The Morgan fingerprint density at radius 1 is 0.800 bits per heavy atom. The van der Waals surface area contributed by atoms with Crippen molar-refractivity contribution in [1.82, 2.24) is 4.98 Å². The summed E-state index contributed by atoms with van der Waals surface area (Å²) in [5.74, 6) is -3.45. The van der Waals surface area contributed by atoms with Gasteiger partial charge in [0.1, 0.15) is 28.7 Å². The van der Waals surface area contributed by atoms with Crippen LogP contribution in [-0.2, 0) is 0 Å². The molecule has 2 amide bonds. The summed E-state index contributed by atoms with van der Waals surface area (Å²) in [6.45, 7) is 0. The van der Waals surface area contributed by atoms with Crippen molar-refractivity contribution in [3.8, 4) is 23.0 Å². The zero-order valence-electron chi connectivity index (χ0n) is 17.1. The number of pyridine rings is 1. The van der Waals surface area contributed by atoms with Crippen LogP contribution in [0.25, 0.3) is 0 Å². The molecule has 2 aromatic carbocycles. The van der Waals surface area contributed by atoms with Gasteiger partial charge < -0.3 is 25.3 Å². The lowest BCUT2D eigenvalue weighted by atomic mass is 10.1. The number of halogens is 6. The van der Waals surface area contributed by atoms with E-state index < -0.39 is 41.6 Å². The second-order valence-corrected chi connectivity index (χ2v) is 6.58. The number of nitrogens with two attached hydrogens (primary N) is 1. The number of ether oxygens (including phenoxy) is 3. The quantitative estimate of drug-likeness (QED) is 0.440. The fourth-order valence-corrected chi connectivity index (χ4v) is 2.65. The summed E-state index contributed by atoms with van der Waals surface area (Å²) in [5, 5.41) is 2.36. The molecular weight excluding hydrogens is 488 g/mol. The number of nitrogens with one attached hydrogen (secondary N) is 1. The highest BCUT2D eigenvalue weighted by Gasteiger charge is 2.32. The van der Waals surface area contributed by atoms with Crippen molar-refractivity contribution in [2.75, 3.05) is 5.32 Å². The van der Waals surface area contributed by atoms with E-state index in [0.717, 1.165) is 48.5 Å². The molecule has 3 rings (SSSR count). The highest BCUT2D eigenvalue weighted by atomic mass is 19.4. The van der Waals surface area contributed by atoms with Crippen LogP contribution >= 0.6 is 0 Å². The molecule has 0 aliphatic heterocycles. The van der Waals surface area contributed by atoms with E-state index >= 15 is 0 Å². The number of carbonyl (C=O) groups excluding carboxylic acids is 2. The first-order valence-corrected chi connectivity index (χ1v) is 9.30. The Balaban J connectivity index is 1.90. The maximum Gasteiger partial charge on any atom is 0.573 e. The average Bonchev–Trinajstić information content (AvgIpc) is 2.74. The van der Waals surface area contributed by atoms with Crippen molar-refractivity contribution < 1.29 is 50.1 Å². The van der Waals surface area contributed by atoms with Gasteiger partial charge in [0, 0.05) is 11.9 Å². The number of alkyl halides is 6. The van der Waals surface area contributed by atoms with E-state index in [9.17, 15) is 35.9 Å². The number of hydrogen-bond donors (Lipinski definition) is 2. The first-order chi connectivity index (χ1) is 16.3. The number of aromatic nitrogens is 1. The molecule has 3 aromatic rings. The molecular formula is C21H13F6N3O5. The summed E-state index contributed by atoms with van der Waals surface area (Å²) >= 11 is 0. The average molecular weight is 501 g/mol. The zero-order valence-corrected chi connectivity index (χ0v) is 17.1. The van der Waals surface area contributed by atoms with Gasteiger partial charge in [-0.05, 0) is 54.6 Å². The summed E-state index contributed by atoms with van der Waals surface area (Å²) in [4.78, 5) is 27.8. The molecule has 0 bridgehead atoms. The lowest BCUT2D eigenvalue weighted by Crippen LogP contribution is -2.19. The number of amides is 2. The largest absolute Gasteiger partial charge is 0.573 e. The van der Waals surface area contributed by atoms with Crippen LogP contribution in [0.5, 0.6) is 23.0 Å². The van der Waals surface area contributed by atoms with E-state index in [1.165, 1.54) is 12.3 Å². The molecule has 14 heteroatoms. The molecule has 0 radical (unpaired) electrons. The predicted octanol–water partition coefficient (Wildman–Crippen LogP) is 5.02. The molecule has 184 valence electrons. The number of carbonyl (C=O) groups is 2. The van der Waals surface area contributed by atoms with Crippen LogP contribution in [-0.4, -0.2) is 29.5 Å². The molecule has 0 spiro atoms. The molecule has 0 atom stereocenters. The molecule has 0 saturated heterocycles. The van der Waals surface area contributed by atoms with Crippen LogP contribution in [0.15, 0.2) is 60.8 Å². The lowest BCUT2D eigenvalue weighted by Gasteiger charge is -2.15. The Labute approximate surface area is 192 Å². The highest BCUT2D eigenvalue weighted by Crippen LogP contribution is 2.33.